The molecule has 0 saturated carbocycles. The van der Waals surface area contributed by atoms with Crippen LogP contribution in [-0.2, 0) is 11.2 Å². The number of aliphatic carboxylic acids is 1. The number of pyridine rings is 1. The Morgan fingerprint density at radius 2 is 2.04 bits per heavy atom. The summed E-state index contributed by atoms with van der Waals surface area (Å²) in [5.74, 6) is -1.35. The molecule has 148 valence electrons. The van der Waals surface area contributed by atoms with Gasteiger partial charge in [0.2, 0.25) is 0 Å². The largest absolute Gasteiger partial charge is 0.481 e. The molecular formula is C18H17Cl2FN4O3. The molecule has 7 nitrogen and oxygen atoms in total. The molecule has 0 saturated heterocycles. The van der Waals surface area contributed by atoms with Gasteiger partial charge in [-0.2, -0.15) is 5.10 Å². The first-order valence-corrected chi connectivity index (χ1v) is 8.39. The smallest absolute Gasteiger partial charge is 0.304 e. The van der Waals surface area contributed by atoms with Gasteiger partial charge in [-0.15, -0.1) is 12.4 Å². The summed E-state index contributed by atoms with van der Waals surface area (Å²) >= 11 is 5.66. The van der Waals surface area contributed by atoms with Gasteiger partial charge >= 0.3 is 5.97 Å². The molecule has 28 heavy (non-hydrogen) atoms. The van der Waals surface area contributed by atoms with Crippen LogP contribution in [0.25, 0.3) is 5.69 Å². The summed E-state index contributed by atoms with van der Waals surface area (Å²) < 4.78 is 20.8. The van der Waals surface area contributed by atoms with Crippen molar-refractivity contribution >= 4 is 30.0 Å². The van der Waals surface area contributed by atoms with Crippen molar-refractivity contribution in [3.63, 3.8) is 0 Å². The number of aromatic nitrogens is 3. The molecule has 0 fully saturated rings. The summed E-state index contributed by atoms with van der Waals surface area (Å²) in [6.07, 6.45) is 5.02. The highest BCUT2D eigenvalue weighted by atomic mass is 35.5. The molecule has 2 heterocycles. The molecule has 0 bridgehead atoms. The summed E-state index contributed by atoms with van der Waals surface area (Å²) in [4.78, 5) is 14.5. The van der Waals surface area contributed by atoms with Crippen LogP contribution in [0.1, 0.15) is 12.0 Å². The number of nitrogens with two attached hydrogens (primary N) is 1. The fourth-order valence-electron chi connectivity index (χ4n) is 2.46. The van der Waals surface area contributed by atoms with E-state index in [2.05, 4.69) is 10.1 Å². The standard InChI is InChI=1S/C18H16ClFN4O3.ClH/c19-12-6-16(20)18(22-9-12)27-15-3-1-14(2-4-15)24-10-11(8-23-24)5-13(21)7-17(25)26;/h1-4,6,8-10,13H,5,7,21H2,(H,25,26);1H/t13-;/m1./s1. The van der Waals surface area contributed by atoms with E-state index in [1.807, 2.05) is 0 Å². The van der Waals surface area contributed by atoms with Crippen LogP contribution in [0.15, 0.2) is 48.9 Å². The molecule has 1 aromatic carbocycles. The second-order valence-electron chi connectivity index (χ2n) is 5.89. The van der Waals surface area contributed by atoms with E-state index in [9.17, 15) is 9.18 Å². The topological polar surface area (TPSA) is 103 Å². The first-order chi connectivity index (χ1) is 12.9. The molecule has 0 spiro atoms. The Kier molecular flexibility index (Phi) is 7.33. The number of nitrogens with zero attached hydrogens (tertiary/aromatic N) is 3. The zero-order valence-corrected chi connectivity index (χ0v) is 16.0. The van der Waals surface area contributed by atoms with Crippen LogP contribution < -0.4 is 10.5 Å². The molecule has 2 aromatic heterocycles. The number of rotatable bonds is 7. The molecule has 10 heteroatoms. The molecule has 3 rings (SSSR count). The van der Waals surface area contributed by atoms with Crippen LogP contribution in [0.5, 0.6) is 11.6 Å². The van der Waals surface area contributed by atoms with E-state index in [4.69, 9.17) is 27.2 Å². The first kappa shape index (κ1) is 21.6. The van der Waals surface area contributed by atoms with Gasteiger partial charge in [-0.3, -0.25) is 4.79 Å². The summed E-state index contributed by atoms with van der Waals surface area (Å²) in [5.41, 5.74) is 7.37. The normalized spacial score (nSPS) is 11.5. The molecule has 0 aliphatic heterocycles. The highest BCUT2D eigenvalue weighted by Crippen LogP contribution is 2.25. The number of carboxylic acids is 1. The number of benzene rings is 1. The van der Waals surface area contributed by atoms with Crippen LogP contribution in [0.3, 0.4) is 0 Å². The number of hydrogen-bond acceptors (Lipinski definition) is 5. The van der Waals surface area contributed by atoms with Crippen molar-refractivity contribution in [1.82, 2.24) is 14.8 Å². The second-order valence-corrected chi connectivity index (χ2v) is 6.33. The minimum absolute atomic E-state index is 0. The van der Waals surface area contributed by atoms with Crippen LogP contribution in [0.2, 0.25) is 5.02 Å². The zero-order chi connectivity index (χ0) is 19.4. The van der Waals surface area contributed by atoms with Gasteiger partial charge in [0.25, 0.3) is 5.88 Å². The van der Waals surface area contributed by atoms with Crippen molar-refractivity contribution < 1.29 is 19.0 Å². The predicted octanol–water partition coefficient (Wildman–Crippen LogP) is 3.62. The lowest BCUT2D eigenvalue weighted by Gasteiger charge is -2.07. The van der Waals surface area contributed by atoms with Crippen molar-refractivity contribution in [3.05, 3.63) is 65.3 Å². The van der Waals surface area contributed by atoms with Crippen molar-refractivity contribution in [2.45, 2.75) is 18.9 Å². The average molecular weight is 427 g/mol. The SMILES string of the molecule is Cl.N[C@@H](CC(=O)O)Cc1cnn(-c2ccc(Oc3ncc(Cl)cc3F)cc2)c1. The summed E-state index contributed by atoms with van der Waals surface area (Å²) in [7, 11) is 0. The maximum absolute atomic E-state index is 13.7. The molecular weight excluding hydrogens is 410 g/mol. The number of halogens is 3. The predicted molar refractivity (Wildman–Crippen MR) is 104 cm³/mol. The Hall–Kier alpha value is -2.68. The zero-order valence-electron chi connectivity index (χ0n) is 14.5. The molecule has 0 amide bonds. The Morgan fingerprint density at radius 1 is 1.32 bits per heavy atom. The van der Waals surface area contributed by atoms with Crippen LogP contribution in [0.4, 0.5) is 4.39 Å². The van der Waals surface area contributed by atoms with E-state index in [0.29, 0.717) is 12.2 Å². The van der Waals surface area contributed by atoms with Gasteiger partial charge in [-0.25, -0.2) is 14.1 Å². The number of carbonyl (C=O) groups is 1. The maximum Gasteiger partial charge on any atom is 0.304 e. The summed E-state index contributed by atoms with van der Waals surface area (Å²) in [6.45, 7) is 0. The summed E-state index contributed by atoms with van der Waals surface area (Å²) in [6, 6.07) is 7.45. The molecule has 0 aliphatic carbocycles. The lowest BCUT2D eigenvalue weighted by molar-refractivity contribution is -0.137. The summed E-state index contributed by atoms with van der Waals surface area (Å²) in [5, 5.41) is 13.2. The van der Waals surface area contributed by atoms with Gasteiger partial charge in [0.05, 0.1) is 23.3 Å². The van der Waals surface area contributed by atoms with Gasteiger partial charge in [0.1, 0.15) is 5.75 Å². The van der Waals surface area contributed by atoms with Crippen molar-refractivity contribution in [1.29, 1.82) is 0 Å². The molecule has 1 atom stereocenters. The third-order valence-corrected chi connectivity index (χ3v) is 3.87. The minimum atomic E-state index is -0.933. The lowest BCUT2D eigenvalue weighted by Crippen LogP contribution is -2.25. The van der Waals surface area contributed by atoms with E-state index in [-0.39, 0.29) is 29.7 Å². The monoisotopic (exact) mass is 426 g/mol. The van der Waals surface area contributed by atoms with E-state index in [1.165, 1.54) is 6.20 Å². The Bertz CT molecular complexity index is 950. The highest BCUT2D eigenvalue weighted by molar-refractivity contribution is 6.30. The van der Waals surface area contributed by atoms with E-state index in [1.54, 1.807) is 41.3 Å². The molecule has 3 aromatic rings. The average Bonchev–Trinajstić information content (AvgIpc) is 3.05. The van der Waals surface area contributed by atoms with Crippen LogP contribution in [0, 0.1) is 5.82 Å². The molecule has 0 aliphatic rings. The molecule has 0 unspecified atom stereocenters. The van der Waals surface area contributed by atoms with Crippen LogP contribution >= 0.6 is 24.0 Å². The Labute approximate surface area is 171 Å². The van der Waals surface area contributed by atoms with Crippen LogP contribution in [-0.4, -0.2) is 31.9 Å². The number of hydrogen-bond donors (Lipinski definition) is 2. The van der Waals surface area contributed by atoms with Gasteiger partial charge < -0.3 is 15.6 Å². The highest BCUT2D eigenvalue weighted by Gasteiger charge is 2.11. The van der Waals surface area contributed by atoms with Gasteiger partial charge in [0, 0.05) is 18.4 Å². The molecule has 0 radical (unpaired) electrons. The lowest BCUT2D eigenvalue weighted by atomic mass is 10.1. The number of ether oxygens (including phenoxy) is 1. The third-order valence-electron chi connectivity index (χ3n) is 3.66. The van der Waals surface area contributed by atoms with E-state index < -0.39 is 17.8 Å². The van der Waals surface area contributed by atoms with Crippen molar-refractivity contribution in [3.8, 4) is 17.3 Å². The number of carboxylic acid groups (broad SMARTS) is 1. The Balaban J connectivity index is 0.00000280. The maximum atomic E-state index is 13.7. The van der Waals surface area contributed by atoms with Crippen molar-refractivity contribution in [2.24, 2.45) is 5.73 Å². The first-order valence-electron chi connectivity index (χ1n) is 8.01. The van der Waals surface area contributed by atoms with Gasteiger partial charge in [-0.05, 0) is 42.3 Å². The van der Waals surface area contributed by atoms with E-state index >= 15 is 0 Å². The second kappa shape index (κ2) is 9.50. The molecule has 3 N–H and O–H groups in total. The third kappa shape index (κ3) is 5.66. The van der Waals surface area contributed by atoms with E-state index in [0.717, 1.165) is 17.3 Å². The quantitative estimate of drug-likeness (QED) is 0.597. The minimum Gasteiger partial charge on any atom is -0.481 e. The fraction of sp³-hybridized carbons (Fsp3) is 0.167. The fourth-order valence-corrected chi connectivity index (χ4v) is 2.61. The van der Waals surface area contributed by atoms with Gasteiger partial charge in [0.15, 0.2) is 5.82 Å². The van der Waals surface area contributed by atoms with Gasteiger partial charge in [-0.1, -0.05) is 11.6 Å². The van der Waals surface area contributed by atoms with Crippen molar-refractivity contribution in [2.75, 3.05) is 0 Å². The Morgan fingerprint density at radius 3 is 2.68 bits per heavy atom.